The highest BCUT2D eigenvalue weighted by atomic mass is 16.5. The molecule has 1 unspecified atom stereocenters. The number of rotatable bonds is 20. The van der Waals surface area contributed by atoms with Gasteiger partial charge in [0.05, 0.1) is 46.3 Å². The Morgan fingerprint density at radius 1 is 1.08 bits per heavy atom. The van der Waals surface area contributed by atoms with E-state index >= 15 is 0 Å². The van der Waals surface area contributed by atoms with Gasteiger partial charge in [0, 0.05) is 48.3 Å². The minimum absolute atomic E-state index is 0.244. The molecule has 1 atom stereocenters. The number of hydrogen-bond acceptors (Lipinski definition) is 9. The average molecular weight is 715 g/mol. The van der Waals surface area contributed by atoms with Crippen LogP contribution in [0.3, 0.4) is 0 Å². The molecule has 0 aromatic heterocycles. The molecule has 1 aliphatic rings. The number of carbonyl (C=O) groups is 2. The van der Waals surface area contributed by atoms with Crippen LogP contribution in [-0.4, -0.2) is 65.3 Å². The van der Waals surface area contributed by atoms with Crippen LogP contribution in [-0.2, 0) is 28.5 Å². The number of allylic oxidation sites excluding steroid dienone is 6. The van der Waals surface area contributed by atoms with Gasteiger partial charge in [-0.25, -0.2) is 0 Å². The second-order valence-corrected chi connectivity index (χ2v) is 12.6. The lowest BCUT2D eigenvalue weighted by Gasteiger charge is -2.23. The largest absolute Gasteiger partial charge is 0.497 e. The molecule has 11 heteroatoms. The van der Waals surface area contributed by atoms with Crippen LogP contribution in [0, 0.1) is 5.41 Å². The van der Waals surface area contributed by atoms with Crippen LogP contribution in [0.15, 0.2) is 124 Å². The molecule has 0 radical (unpaired) electrons. The first kappa shape index (κ1) is 42.6. The molecule has 0 saturated carbocycles. The summed E-state index contributed by atoms with van der Waals surface area (Å²) in [5.41, 5.74) is 3.57. The summed E-state index contributed by atoms with van der Waals surface area (Å²) in [6, 6.07) is 7.49. The molecule has 0 saturated heterocycles. The Morgan fingerprint density at radius 3 is 2.46 bits per heavy atom. The van der Waals surface area contributed by atoms with Crippen molar-refractivity contribution < 1.29 is 33.3 Å². The zero-order valence-corrected chi connectivity index (χ0v) is 31.8. The predicted octanol–water partition coefficient (Wildman–Crippen LogP) is 7.49. The highest BCUT2D eigenvalue weighted by Crippen LogP contribution is 2.32. The number of benzene rings is 1. The van der Waals surface area contributed by atoms with Crippen molar-refractivity contribution in [3.05, 3.63) is 120 Å². The van der Waals surface area contributed by atoms with Crippen LogP contribution in [0.2, 0.25) is 0 Å². The Morgan fingerprint density at radius 2 is 1.81 bits per heavy atom. The molecule has 1 heterocycles. The lowest BCUT2D eigenvalue weighted by molar-refractivity contribution is -0.115. The van der Waals surface area contributed by atoms with Crippen molar-refractivity contribution in [1.82, 2.24) is 10.6 Å². The summed E-state index contributed by atoms with van der Waals surface area (Å²) < 4.78 is 28.4. The molecule has 52 heavy (non-hydrogen) atoms. The minimum Gasteiger partial charge on any atom is -0.497 e. The van der Waals surface area contributed by atoms with Crippen molar-refractivity contribution in [3.8, 4) is 5.75 Å². The Hall–Kier alpha value is -5.58. The van der Waals surface area contributed by atoms with Crippen LogP contribution in [0.25, 0.3) is 5.57 Å². The average Bonchev–Trinajstić information content (AvgIpc) is 3.11. The zero-order chi connectivity index (χ0) is 38.5. The van der Waals surface area contributed by atoms with E-state index in [4.69, 9.17) is 28.7 Å². The molecule has 2 amide bonds. The number of nitrogens with zero attached hydrogens (tertiary/aromatic N) is 2. The first-order valence-electron chi connectivity index (χ1n) is 16.9. The summed E-state index contributed by atoms with van der Waals surface area (Å²) in [4.78, 5) is 33.0. The monoisotopic (exact) mass is 714 g/mol. The molecular formula is C41H54N4O7. The molecule has 1 aromatic carbocycles. The van der Waals surface area contributed by atoms with E-state index in [0.29, 0.717) is 66.7 Å². The smallest absolute Gasteiger partial charge is 0.250 e. The van der Waals surface area contributed by atoms with E-state index in [1.54, 1.807) is 50.9 Å². The lowest BCUT2D eigenvalue weighted by atomic mass is 9.84. The second kappa shape index (κ2) is 22.3. The van der Waals surface area contributed by atoms with E-state index < -0.39 is 0 Å². The van der Waals surface area contributed by atoms with E-state index in [1.165, 1.54) is 13.2 Å². The second-order valence-electron chi connectivity index (χ2n) is 12.6. The van der Waals surface area contributed by atoms with E-state index in [-0.39, 0.29) is 24.0 Å². The van der Waals surface area contributed by atoms with Gasteiger partial charge in [0.1, 0.15) is 5.75 Å². The third-order valence-electron chi connectivity index (χ3n) is 7.42. The summed E-state index contributed by atoms with van der Waals surface area (Å²) in [7, 11) is 4.70. The SMILES string of the molecule is C=C(C)CC(C=N/C(C)=C/C=C(/OC)C(=C)OCCCOC(=C/C1=C/C(=O)N/C=C(/c2cccc(OC)c2)CC(C)(C)C=N1)/C(=C\C)OC)NC=O. The van der Waals surface area contributed by atoms with Gasteiger partial charge in [-0.05, 0) is 75.1 Å². The summed E-state index contributed by atoms with van der Waals surface area (Å²) in [5, 5.41) is 5.60. The first-order valence-corrected chi connectivity index (χ1v) is 16.9. The fraction of sp³-hybridized carbons (Fsp3) is 0.366. The Bertz CT molecular complexity index is 1660. The maximum absolute atomic E-state index is 13.0. The third-order valence-corrected chi connectivity index (χ3v) is 7.42. The van der Waals surface area contributed by atoms with Crippen molar-refractivity contribution >= 4 is 30.3 Å². The van der Waals surface area contributed by atoms with Crippen molar-refractivity contribution in [3.63, 3.8) is 0 Å². The normalized spacial score (nSPS) is 18.2. The van der Waals surface area contributed by atoms with Crippen molar-refractivity contribution in [2.75, 3.05) is 34.5 Å². The van der Waals surface area contributed by atoms with Gasteiger partial charge in [-0.1, -0.05) is 38.1 Å². The summed E-state index contributed by atoms with van der Waals surface area (Å²) in [6.45, 7) is 18.2. The molecule has 2 rings (SSSR count). The minimum atomic E-state index is -0.352. The zero-order valence-electron chi connectivity index (χ0n) is 31.8. The highest BCUT2D eigenvalue weighted by molar-refractivity contribution is 5.91. The van der Waals surface area contributed by atoms with Crippen LogP contribution in [0.4, 0.5) is 0 Å². The van der Waals surface area contributed by atoms with E-state index in [9.17, 15) is 9.59 Å². The molecule has 0 aliphatic carbocycles. The van der Waals surface area contributed by atoms with Gasteiger partial charge in [-0.15, -0.1) is 6.58 Å². The summed E-state index contributed by atoms with van der Waals surface area (Å²) >= 11 is 0. The van der Waals surface area contributed by atoms with Gasteiger partial charge >= 0.3 is 0 Å². The number of nitrogens with one attached hydrogen (secondary N) is 2. The Kier molecular flexibility index (Phi) is 18.2. The van der Waals surface area contributed by atoms with Gasteiger partial charge in [0.25, 0.3) is 0 Å². The van der Waals surface area contributed by atoms with Crippen molar-refractivity contribution in [2.45, 2.75) is 59.9 Å². The summed E-state index contributed by atoms with van der Waals surface area (Å²) in [5.74, 6) is 2.08. The van der Waals surface area contributed by atoms with Gasteiger partial charge in [-0.3, -0.25) is 19.6 Å². The van der Waals surface area contributed by atoms with Crippen LogP contribution < -0.4 is 15.4 Å². The first-order chi connectivity index (χ1) is 24.8. The topological polar surface area (TPSA) is 129 Å². The van der Waals surface area contributed by atoms with Gasteiger partial charge < -0.3 is 34.3 Å². The van der Waals surface area contributed by atoms with Gasteiger partial charge in [-0.2, -0.15) is 0 Å². The van der Waals surface area contributed by atoms with Crippen LogP contribution in [0.1, 0.15) is 59.4 Å². The van der Waals surface area contributed by atoms with E-state index in [0.717, 1.165) is 22.5 Å². The predicted molar refractivity (Wildman–Crippen MR) is 208 cm³/mol. The molecule has 280 valence electrons. The lowest BCUT2D eigenvalue weighted by Crippen LogP contribution is -2.29. The number of ether oxygens (including phenoxy) is 5. The number of hydrogen-bond donors (Lipinski definition) is 2. The highest BCUT2D eigenvalue weighted by Gasteiger charge is 2.21. The van der Waals surface area contributed by atoms with E-state index in [2.05, 4.69) is 42.6 Å². The third kappa shape index (κ3) is 15.5. The molecule has 0 fully saturated rings. The quantitative estimate of drug-likeness (QED) is 0.0358. The molecule has 11 nitrogen and oxygen atoms in total. The van der Waals surface area contributed by atoms with Crippen molar-refractivity contribution in [2.24, 2.45) is 15.4 Å². The number of aliphatic imine (C=N–C) groups is 2. The van der Waals surface area contributed by atoms with Crippen LogP contribution >= 0.6 is 0 Å². The van der Waals surface area contributed by atoms with Gasteiger partial charge in [0.15, 0.2) is 23.0 Å². The standard InChI is InChI=1S/C41H54N4O7/c1-11-37(49-9)39(22-34-23-40(47)43-25-33(24-41(6,7)27-44-34)32-14-12-15-36(21-32)48-8)52-19-13-18-51-31(5)38(50-10)17-16-30(4)42-26-35(45-28-46)20-29(2)3/h11-12,14-17,21-23,25-28,35H,2,5,13,18-20,24H2,1,3-4,6-10H3,(H,43,47)(H,45,46)/b30-16+,33-25+,34-23-,37-11+,38-17+,39-22+,42-26?,44-27?. The van der Waals surface area contributed by atoms with E-state index in [1.807, 2.05) is 51.3 Å². The molecule has 2 N–H and O–H groups in total. The molecule has 0 bridgehead atoms. The number of amides is 2. The maximum Gasteiger partial charge on any atom is 0.250 e. The number of methoxy groups -OCH3 is 3. The fourth-order valence-corrected chi connectivity index (χ4v) is 4.82. The summed E-state index contributed by atoms with van der Waals surface area (Å²) in [6.07, 6.45) is 16.0. The van der Waals surface area contributed by atoms with Gasteiger partial charge in [0.2, 0.25) is 12.3 Å². The molecular weight excluding hydrogens is 660 g/mol. The Labute approximate surface area is 308 Å². The fourth-order valence-electron chi connectivity index (χ4n) is 4.82. The van der Waals surface area contributed by atoms with Crippen molar-refractivity contribution in [1.29, 1.82) is 0 Å². The maximum atomic E-state index is 13.0. The molecule has 1 aromatic rings. The van der Waals surface area contributed by atoms with Crippen LogP contribution in [0.5, 0.6) is 5.75 Å². The Balaban J connectivity index is 2.13. The number of carbonyl (C=O) groups excluding carboxylic acids is 2. The molecule has 0 spiro atoms. The molecule has 1 aliphatic heterocycles.